The molecule has 0 saturated heterocycles. The third-order valence-electron chi connectivity index (χ3n) is 5.20. The minimum absolute atomic E-state index is 0.00950. The Balaban J connectivity index is 2.07. The summed E-state index contributed by atoms with van der Waals surface area (Å²) in [5.74, 6) is -1.04. The van der Waals surface area contributed by atoms with Gasteiger partial charge in [-0.25, -0.2) is 9.37 Å². The second-order valence-electron chi connectivity index (χ2n) is 8.05. The van der Waals surface area contributed by atoms with Crippen molar-refractivity contribution in [3.8, 4) is 5.75 Å². The first kappa shape index (κ1) is 22.3. The number of nitrogens with zero attached hydrogens (tertiary/aromatic N) is 1. The summed E-state index contributed by atoms with van der Waals surface area (Å²) in [6.07, 6.45) is -6.59. The van der Waals surface area contributed by atoms with Crippen molar-refractivity contribution in [3.05, 3.63) is 70.6 Å². The van der Waals surface area contributed by atoms with Gasteiger partial charge in [0.25, 0.3) is 0 Å². The van der Waals surface area contributed by atoms with E-state index in [1.54, 1.807) is 24.3 Å². The number of phenols is 1. The highest BCUT2D eigenvalue weighted by Crippen LogP contribution is 2.45. The smallest absolute Gasteiger partial charge is 0.417 e. The lowest BCUT2D eigenvalue weighted by Gasteiger charge is -2.38. The molecule has 2 aromatic carbocycles. The number of phenolic OH excluding ortho intramolecular Hbond substituents is 1. The monoisotopic (exact) mass is 441 g/mol. The first-order valence-electron chi connectivity index (χ1n) is 9.15. The minimum Gasteiger partial charge on any atom is -0.508 e. The second-order valence-corrected chi connectivity index (χ2v) is 8.44. The molecule has 0 bridgehead atoms. The van der Waals surface area contributed by atoms with Crippen LogP contribution in [0.4, 0.5) is 17.6 Å². The van der Waals surface area contributed by atoms with E-state index in [2.05, 4.69) is 4.98 Å². The van der Waals surface area contributed by atoms with Crippen LogP contribution in [0.2, 0.25) is 5.15 Å². The van der Waals surface area contributed by atoms with Gasteiger partial charge in [-0.2, -0.15) is 13.2 Å². The summed E-state index contributed by atoms with van der Waals surface area (Å²) in [6, 6.07) is 10.9. The Kier molecular flexibility index (Phi) is 5.73. The van der Waals surface area contributed by atoms with Crippen molar-refractivity contribution < 1.29 is 27.8 Å². The fourth-order valence-electron chi connectivity index (χ4n) is 3.81. The molecule has 3 nitrogen and oxygen atoms in total. The molecule has 1 unspecified atom stereocenters. The molecule has 2 N–H and O–H groups in total. The first-order valence-corrected chi connectivity index (χ1v) is 9.52. The Morgan fingerprint density at radius 3 is 2.37 bits per heavy atom. The highest BCUT2D eigenvalue weighted by molar-refractivity contribution is 6.29. The molecule has 0 aliphatic rings. The van der Waals surface area contributed by atoms with E-state index in [1.807, 2.05) is 0 Å². The van der Waals surface area contributed by atoms with Crippen LogP contribution in [0, 0.1) is 5.82 Å². The zero-order valence-electron chi connectivity index (χ0n) is 16.3. The lowest BCUT2D eigenvalue weighted by molar-refractivity contribution is -0.266. The molecule has 0 amide bonds. The van der Waals surface area contributed by atoms with Crippen LogP contribution in [0.3, 0.4) is 0 Å². The zero-order chi connectivity index (χ0) is 22.3. The van der Waals surface area contributed by atoms with Crippen molar-refractivity contribution in [1.82, 2.24) is 4.98 Å². The van der Waals surface area contributed by atoms with Gasteiger partial charge < -0.3 is 10.2 Å². The molecule has 8 heteroatoms. The number of para-hydroxylation sites is 1. The van der Waals surface area contributed by atoms with Crippen LogP contribution in [0.25, 0.3) is 10.9 Å². The van der Waals surface area contributed by atoms with Gasteiger partial charge in [0.1, 0.15) is 16.7 Å². The number of pyridine rings is 1. The lowest BCUT2D eigenvalue weighted by Crippen LogP contribution is -2.50. The molecule has 1 heterocycles. The molecule has 30 heavy (non-hydrogen) atoms. The summed E-state index contributed by atoms with van der Waals surface area (Å²) in [5, 5.41) is 21.4. The minimum atomic E-state index is -5.00. The number of hydrogen-bond donors (Lipinski definition) is 2. The molecule has 0 spiro atoms. The predicted molar refractivity (Wildman–Crippen MR) is 107 cm³/mol. The van der Waals surface area contributed by atoms with Crippen molar-refractivity contribution in [2.24, 2.45) is 0 Å². The SMILES string of the molecule is CC(C)(CC(O)(Cc1cc(Cl)nc2ccccc12)C(F)(F)F)c1cc(F)ccc1O. The Labute approximate surface area is 175 Å². The van der Waals surface area contributed by atoms with Gasteiger partial charge in [-0.3, -0.25) is 0 Å². The number of aromatic hydroxyl groups is 1. The van der Waals surface area contributed by atoms with E-state index in [0.717, 1.165) is 18.2 Å². The Hall–Kier alpha value is -2.38. The topological polar surface area (TPSA) is 53.4 Å². The van der Waals surface area contributed by atoms with Crippen molar-refractivity contribution in [2.75, 3.05) is 0 Å². The largest absolute Gasteiger partial charge is 0.508 e. The van der Waals surface area contributed by atoms with Gasteiger partial charge in [-0.05, 0) is 47.7 Å². The lowest BCUT2D eigenvalue weighted by atomic mass is 9.72. The van der Waals surface area contributed by atoms with E-state index in [0.29, 0.717) is 10.9 Å². The third kappa shape index (κ3) is 4.37. The van der Waals surface area contributed by atoms with Crippen molar-refractivity contribution in [3.63, 3.8) is 0 Å². The summed E-state index contributed by atoms with van der Waals surface area (Å²) in [4.78, 5) is 4.10. The molecule has 0 saturated carbocycles. The van der Waals surface area contributed by atoms with Crippen LogP contribution in [0.1, 0.15) is 31.4 Å². The average Bonchev–Trinajstić information content (AvgIpc) is 2.62. The van der Waals surface area contributed by atoms with E-state index in [1.165, 1.54) is 19.9 Å². The van der Waals surface area contributed by atoms with E-state index < -0.39 is 35.9 Å². The summed E-state index contributed by atoms with van der Waals surface area (Å²) < 4.78 is 55.9. The van der Waals surface area contributed by atoms with Gasteiger partial charge in [0.15, 0.2) is 5.60 Å². The number of hydrogen-bond acceptors (Lipinski definition) is 3. The van der Waals surface area contributed by atoms with Crippen LogP contribution >= 0.6 is 11.6 Å². The van der Waals surface area contributed by atoms with Gasteiger partial charge >= 0.3 is 6.18 Å². The fraction of sp³-hybridized carbons (Fsp3) is 0.318. The third-order valence-corrected chi connectivity index (χ3v) is 5.40. The number of benzene rings is 2. The number of halogens is 5. The molecular formula is C22H20ClF4NO2. The first-order chi connectivity index (χ1) is 13.8. The normalized spacial score (nSPS) is 14.7. The molecule has 0 aliphatic carbocycles. The maximum absolute atomic E-state index is 14.1. The number of aliphatic hydroxyl groups is 1. The summed E-state index contributed by atoms with van der Waals surface area (Å²) in [7, 11) is 0. The van der Waals surface area contributed by atoms with Gasteiger partial charge in [-0.1, -0.05) is 43.6 Å². The summed E-state index contributed by atoms with van der Waals surface area (Å²) >= 11 is 5.99. The standard InChI is InChI=1S/C22H20ClF4NO2/c1-20(2,16-10-14(24)7-8-18(16)29)12-21(30,22(25,26)27)11-13-9-19(23)28-17-6-4-3-5-15(13)17/h3-10,29-30H,11-12H2,1-2H3. The van der Waals surface area contributed by atoms with Gasteiger partial charge in [0.2, 0.25) is 0 Å². The van der Waals surface area contributed by atoms with Crippen LogP contribution in [-0.2, 0) is 11.8 Å². The van der Waals surface area contributed by atoms with Crippen molar-refractivity contribution >= 4 is 22.5 Å². The van der Waals surface area contributed by atoms with Gasteiger partial charge in [0, 0.05) is 17.4 Å². The summed E-state index contributed by atoms with van der Waals surface area (Å²) in [6.45, 7) is 2.83. The van der Waals surface area contributed by atoms with Crippen LogP contribution < -0.4 is 0 Å². The summed E-state index contributed by atoms with van der Waals surface area (Å²) in [5.41, 5.74) is -4.00. The Morgan fingerprint density at radius 2 is 1.70 bits per heavy atom. The van der Waals surface area contributed by atoms with E-state index in [-0.39, 0.29) is 22.0 Å². The number of rotatable bonds is 5. The maximum Gasteiger partial charge on any atom is 0.417 e. The maximum atomic E-state index is 14.1. The van der Waals surface area contributed by atoms with Gasteiger partial charge in [-0.15, -0.1) is 0 Å². The Morgan fingerprint density at radius 1 is 1.03 bits per heavy atom. The highest BCUT2D eigenvalue weighted by Gasteiger charge is 2.56. The average molecular weight is 442 g/mol. The van der Waals surface area contributed by atoms with E-state index in [9.17, 15) is 27.8 Å². The molecule has 3 aromatic rings. The van der Waals surface area contributed by atoms with Crippen LogP contribution in [-0.4, -0.2) is 27.0 Å². The van der Waals surface area contributed by atoms with Crippen molar-refractivity contribution in [2.45, 2.75) is 43.9 Å². The van der Waals surface area contributed by atoms with Crippen molar-refractivity contribution in [1.29, 1.82) is 0 Å². The quantitative estimate of drug-likeness (QED) is 0.381. The molecule has 1 atom stereocenters. The second kappa shape index (κ2) is 7.71. The highest BCUT2D eigenvalue weighted by atomic mass is 35.5. The number of aromatic nitrogens is 1. The molecule has 160 valence electrons. The predicted octanol–water partition coefficient (Wildman–Crippen LogP) is 5.94. The van der Waals surface area contributed by atoms with Gasteiger partial charge in [0.05, 0.1) is 5.52 Å². The molecule has 0 radical (unpaired) electrons. The van der Waals surface area contributed by atoms with Crippen LogP contribution in [0.15, 0.2) is 48.5 Å². The van der Waals surface area contributed by atoms with Crippen LogP contribution in [0.5, 0.6) is 5.75 Å². The Bertz CT molecular complexity index is 1080. The molecule has 3 rings (SSSR count). The molecule has 1 aromatic heterocycles. The molecular weight excluding hydrogens is 422 g/mol. The zero-order valence-corrected chi connectivity index (χ0v) is 17.0. The number of fused-ring (bicyclic) bond motifs is 1. The molecule has 0 aliphatic heterocycles. The van der Waals surface area contributed by atoms with E-state index >= 15 is 0 Å². The fourth-order valence-corrected chi connectivity index (χ4v) is 4.04. The van der Waals surface area contributed by atoms with E-state index in [4.69, 9.17) is 11.6 Å². The number of alkyl halides is 3. The molecule has 0 fully saturated rings.